The number of hydrogen-bond acceptors (Lipinski definition) is 6. The van der Waals surface area contributed by atoms with Crippen LogP contribution in [0.25, 0.3) is 0 Å². The van der Waals surface area contributed by atoms with E-state index < -0.39 is 0 Å². The summed E-state index contributed by atoms with van der Waals surface area (Å²) < 4.78 is 0. The van der Waals surface area contributed by atoms with Gasteiger partial charge in [-0.25, -0.2) is 0 Å². The minimum absolute atomic E-state index is 0. The van der Waals surface area contributed by atoms with Crippen molar-refractivity contribution in [1.29, 1.82) is 0 Å². The molecule has 0 atom stereocenters. The van der Waals surface area contributed by atoms with Crippen molar-refractivity contribution >= 4 is 52.7 Å². The summed E-state index contributed by atoms with van der Waals surface area (Å²) in [6.45, 7) is 8.09. The normalized spacial score (nSPS) is 8.28. The van der Waals surface area contributed by atoms with Gasteiger partial charge in [-0.1, -0.05) is 20.8 Å². The van der Waals surface area contributed by atoms with E-state index in [-0.39, 0.29) is 98.2 Å². The van der Waals surface area contributed by atoms with Gasteiger partial charge in [-0.3, -0.25) is 14.4 Å². The Balaban J connectivity index is -0.0000000164. The Morgan fingerprint density at radius 1 is 0.483 bits per heavy atom. The number of halogens is 6. The van der Waals surface area contributed by atoms with Gasteiger partial charge in [0.2, 0.25) is 0 Å². The van der Waals surface area contributed by atoms with Gasteiger partial charge in [0.25, 0.3) is 0 Å². The molecule has 0 aliphatic heterocycles. The third-order valence-electron chi connectivity index (χ3n) is 1.22. The second kappa shape index (κ2) is 45.2. The molecular weight excluding hydrogens is 540 g/mol. The standard InChI is InChI=1S/3C5H8O2.6FH.Sb.Si/c3*1-4(6)3-5(2)7;;;;;;;;/h3*3,6H,1-2H3;6*1H;;/q;;;;;;;;;+5;+4/p-9/b3*4-3-;;;;;;;;. The SMILES string of the molecule is CC(=O)/C=C(/C)[O-].CC(=O)/C=C(/C)[O-].CC(=O)/C=C(/C)[O-].[F-].[F-].[F-].[F-].[F-].[F-].[Sb+5].[Si+4]. The van der Waals surface area contributed by atoms with Crippen LogP contribution in [-0.4, -0.2) is 52.7 Å². The van der Waals surface area contributed by atoms with E-state index >= 15 is 0 Å². The van der Waals surface area contributed by atoms with Crippen LogP contribution in [0.2, 0.25) is 0 Å². The molecule has 6 nitrogen and oxygen atoms in total. The first-order valence-corrected chi connectivity index (χ1v) is 5.96. The molecule has 0 aliphatic rings. The number of carbonyl (C=O) groups excluding carboxylic acids is 3. The molecule has 0 aromatic carbocycles. The number of ketones is 3. The van der Waals surface area contributed by atoms with Crippen LogP contribution in [0.5, 0.6) is 0 Å². The van der Waals surface area contributed by atoms with Gasteiger partial charge < -0.3 is 43.5 Å². The van der Waals surface area contributed by atoms with E-state index in [1.807, 2.05) is 0 Å². The molecule has 0 heterocycles. The van der Waals surface area contributed by atoms with Gasteiger partial charge in [-0.15, -0.1) is 17.3 Å². The summed E-state index contributed by atoms with van der Waals surface area (Å²) in [5.74, 6) is -1.12. The Bertz CT molecular complexity index is 396. The monoisotopic (exact) mass is 560 g/mol. The molecule has 0 aromatic rings. The summed E-state index contributed by atoms with van der Waals surface area (Å²) in [5.41, 5.74) is 0. The van der Waals surface area contributed by atoms with Gasteiger partial charge in [0.05, 0.1) is 0 Å². The maximum absolute atomic E-state index is 9.98. The zero-order valence-corrected chi connectivity index (χ0v) is 19.9. The van der Waals surface area contributed by atoms with Crippen molar-refractivity contribution in [2.45, 2.75) is 41.5 Å². The van der Waals surface area contributed by atoms with Crippen molar-refractivity contribution < 1.29 is 57.9 Å². The molecule has 0 spiro atoms. The van der Waals surface area contributed by atoms with Crippen molar-refractivity contribution in [1.82, 2.24) is 0 Å². The van der Waals surface area contributed by atoms with Crippen molar-refractivity contribution in [3.8, 4) is 0 Å². The number of rotatable bonds is 3. The van der Waals surface area contributed by atoms with Crippen molar-refractivity contribution in [3.63, 3.8) is 0 Å². The Morgan fingerprint density at radius 2 is 0.586 bits per heavy atom. The zero-order valence-electron chi connectivity index (χ0n) is 16.4. The van der Waals surface area contributed by atoms with Crippen LogP contribution >= 0.6 is 0 Å². The van der Waals surface area contributed by atoms with Gasteiger partial charge in [0.1, 0.15) is 0 Å². The van der Waals surface area contributed by atoms with Crippen LogP contribution < -0.4 is 43.5 Å². The third kappa shape index (κ3) is 147. The summed E-state index contributed by atoms with van der Waals surface area (Å²) >= 11 is 0. The molecule has 0 fully saturated rings. The first kappa shape index (κ1) is 71.1. The molecule has 0 aliphatic carbocycles. The Labute approximate surface area is 187 Å². The van der Waals surface area contributed by atoms with E-state index in [1.165, 1.54) is 41.5 Å². The van der Waals surface area contributed by atoms with Crippen LogP contribution in [0.4, 0.5) is 0 Å². The molecule has 0 saturated carbocycles. The predicted molar refractivity (Wildman–Crippen MR) is 84.8 cm³/mol. The molecule has 168 valence electrons. The van der Waals surface area contributed by atoms with Gasteiger partial charge in [0.15, 0.2) is 17.3 Å². The summed E-state index contributed by atoms with van der Waals surface area (Å²) in [5, 5.41) is 29.9. The average molecular weight is 561 g/mol. The van der Waals surface area contributed by atoms with Gasteiger partial charge in [0, 0.05) is 0 Å². The van der Waals surface area contributed by atoms with E-state index in [4.69, 9.17) is 0 Å². The minimum atomic E-state index is -0.187. The predicted octanol–water partition coefficient (Wildman–Crippen LogP) is -19.2. The van der Waals surface area contributed by atoms with Crippen LogP contribution in [-0.2, 0) is 14.4 Å². The Kier molecular flexibility index (Phi) is 111. The second-order valence-electron chi connectivity index (χ2n) is 4.10. The minimum Gasteiger partial charge on any atom is -1.00 e. The van der Waals surface area contributed by atoms with E-state index in [0.29, 0.717) is 0 Å². The van der Waals surface area contributed by atoms with E-state index in [1.54, 1.807) is 0 Å². The van der Waals surface area contributed by atoms with Gasteiger partial charge in [-0.2, -0.15) is 0 Å². The molecule has 0 amide bonds. The fourth-order valence-corrected chi connectivity index (χ4v) is 0.859. The van der Waals surface area contributed by atoms with Crippen molar-refractivity contribution in [2.24, 2.45) is 0 Å². The molecule has 0 radical (unpaired) electrons. The molecule has 29 heavy (non-hydrogen) atoms. The molecule has 0 N–H and O–H groups in total. The van der Waals surface area contributed by atoms with Gasteiger partial charge in [-0.05, 0) is 39.0 Å². The summed E-state index contributed by atoms with van der Waals surface area (Å²) in [4.78, 5) is 29.9. The number of hydrogen-bond donors (Lipinski definition) is 0. The topological polar surface area (TPSA) is 120 Å². The van der Waals surface area contributed by atoms with E-state index in [2.05, 4.69) is 0 Å². The fourth-order valence-electron chi connectivity index (χ4n) is 0.859. The number of carbonyl (C=O) groups is 3. The molecule has 0 saturated heterocycles. The van der Waals surface area contributed by atoms with Crippen LogP contribution in [0.3, 0.4) is 0 Å². The van der Waals surface area contributed by atoms with Crippen molar-refractivity contribution in [3.05, 3.63) is 35.5 Å². The fraction of sp³-hybridized carbons (Fsp3) is 0.400. The zero-order chi connectivity index (χ0) is 17.6. The summed E-state index contributed by atoms with van der Waals surface area (Å²) in [7, 11) is 0. The third-order valence-corrected chi connectivity index (χ3v) is 1.22. The first-order chi connectivity index (χ1) is 9.38. The van der Waals surface area contributed by atoms with Crippen LogP contribution in [0.1, 0.15) is 41.5 Å². The van der Waals surface area contributed by atoms with Gasteiger partial charge >= 0.3 is 35.4 Å². The smallest absolute Gasteiger partial charge is 1.00 e. The Morgan fingerprint density at radius 3 is 0.586 bits per heavy atom. The second-order valence-corrected chi connectivity index (χ2v) is 4.10. The largest absolute Gasteiger partial charge is 5.00 e. The first-order valence-electron chi connectivity index (χ1n) is 5.96. The average Bonchev–Trinajstić information content (AvgIpc) is 2.10. The maximum atomic E-state index is 9.98. The number of allylic oxidation sites excluding steroid dienone is 6. The maximum Gasteiger partial charge on any atom is 5.00 e. The molecular formula is C15H21F6O6SbSi. The summed E-state index contributed by atoms with van der Waals surface area (Å²) in [6, 6.07) is 0. The molecule has 0 rings (SSSR count). The molecule has 14 heteroatoms. The Hall–Kier alpha value is -1.75. The van der Waals surface area contributed by atoms with E-state index in [0.717, 1.165) is 18.2 Å². The van der Waals surface area contributed by atoms with Crippen LogP contribution in [0.15, 0.2) is 35.5 Å². The summed E-state index contributed by atoms with van der Waals surface area (Å²) in [6.07, 6.45) is 3.17. The van der Waals surface area contributed by atoms with Crippen molar-refractivity contribution in [2.75, 3.05) is 0 Å². The molecule has 0 bridgehead atoms. The molecule has 0 aromatic heterocycles. The molecule has 0 unspecified atom stereocenters. The van der Waals surface area contributed by atoms with E-state index in [9.17, 15) is 29.7 Å². The van der Waals surface area contributed by atoms with Crippen LogP contribution in [0, 0.1) is 0 Å². The quantitative estimate of drug-likeness (QED) is 0.146.